The summed E-state index contributed by atoms with van der Waals surface area (Å²) in [5, 5.41) is 12.7. The summed E-state index contributed by atoms with van der Waals surface area (Å²) in [6.45, 7) is 4.22. The molecule has 1 N–H and O–H groups in total. The van der Waals surface area contributed by atoms with Gasteiger partial charge >= 0.3 is 0 Å². The predicted molar refractivity (Wildman–Crippen MR) is 106 cm³/mol. The standard InChI is InChI=1S/C16H10N2.C4H9OP.Pt/c1-3-12-7-5-11-6-8-13-4-2-10-18-16(13)14(11)15(12)17-9-1;1-6(2)4-3-5;/h1-10H;3-5H,1-2H3;/p+1/b;4-3-;. The smallest absolute Gasteiger partial charge is 0.114 e. The van der Waals surface area contributed by atoms with Crippen molar-refractivity contribution in [1.29, 1.82) is 0 Å². The second-order valence-corrected chi connectivity index (χ2v) is 8.26. The van der Waals surface area contributed by atoms with E-state index in [1.165, 1.54) is 5.39 Å². The number of aliphatic hydroxyl groups excluding tert-OH is 1. The van der Waals surface area contributed by atoms with Gasteiger partial charge in [0, 0.05) is 57.5 Å². The van der Waals surface area contributed by atoms with Crippen LogP contribution in [0, 0.1) is 0 Å². The van der Waals surface area contributed by atoms with E-state index < -0.39 is 0 Å². The molecule has 0 saturated heterocycles. The van der Waals surface area contributed by atoms with E-state index in [0.29, 0.717) is 0 Å². The maximum atomic E-state index is 8.08. The van der Waals surface area contributed by atoms with Crippen LogP contribution < -0.4 is 0 Å². The molecule has 25 heavy (non-hydrogen) atoms. The SMILES string of the molecule is C[PH+](C)/C=C\O.[Pt].c1cnc2c(c1)ccc1ccc3cccnc3c12. The zero-order valence-corrected chi connectivity index (χ0v) is 17.4. The molecule has 0 unspecified atom stereocenters. The summed E-state index contributed by atoms with van der Waals surface area (Å²) in [6.07, 6.45) is 4.79. The van der Waals surface area contributed by atoms with Crippen molar-refractivity contribution >= 4 is 40.5 Å². The monoisotopic (exact) mass is 530 g/mol. The third-order valence-electron chi connectivity index (χ3n) is 3.73. The molecule has 0 amide bonds. The molecule has 0 aliphatic heterocycles. The van der Waals surface area contributed by atoms with Gasteiger partial charge in [0.15, 0.2) is 0 Å². The van der Waals surface area contributed by atoms with Crippen LogP contribution in [0.3, 0.4) is 0 Å². The summed E-state index contributed by atoms with van der Waals surface area (Å²) in [5.41, 5.74) is 2.05. The van der Waals surface area contributed by atoms with Gasteiger partial charge in [-0.15, -0.1) is 0 Å². The summed E-state index contributed by atoms with van der Waals surface area (Å²) in [6, 6.07) is 16.6. The minimum absolute atomic E-state index is 0. The summed E-state index contributed by atoms with van der Waals surface area (Å²) in [4.78, 5) is 9.04. The van der Waals surface area contributed by atoms with E-state index >= 15 is 0 Å². The summed E-state index contributed by atoms with van der Waals surface area (Å²) >= 11 is 0. The van der Waals surface area contributed by atoms with Crippen LogP contribution in [-0.2, 0) is 21.1 Å². The van der Waals surface area contributed by atoms with E-state index in [1.807, 2.05) is 30.3 Å². The van der Waals surface area contributed by atoms with Gasteiger partial charge in [0.2, 0.25) is 0 Å². The zero-order valence-electron chi connectivity index (χ0n) is 14.1. The second kappa shape index (κ2) is 9.04. The molecule has 0 radical (unpaired) electrons. The first kappa shape index (κ1) is 19.5. The van der Waals surface area contributed by atoms with Crippen LogP contribution in [0.25, 0.3) is 32.6 Å². The normalized spacial score (nSPS) is 10.8. The minimum atomic E-state index is -0.316. The number of hydrogen-bond donors (Lipinski definition) is 1. The number of pyridine rings is 2. The van der Waals surface area contributed by atoms with E-state index in [9.17, 15) is 0 Å². The predicted octanol–water partition coefficient (Wildman–Crippen LogP) is 5.42. The zero-order chi connectivity index (χ0) is 16.9. The van der Waals surface area contributed by atoms with Gasteiger partial charge in [-0.3, -0.25) is 9.97 Å². The molecule has 0 aliphatic carbocycles. The van der Waals surface area contributed by atoms with E-state index in [-0.39, 0.29) is 29.0 Å². The molecule has 0 saturated carbocycles. The molecule has 0 bridgehead atoms. The molecule has 4 aromatic rings. The Kier molecular flexibility index (Phi) is 7.05. The third-order valence-corrected chi connectivity index (χ3v) is 4.55. The Labute approximate surface area is 162 Å². The fourth-order valence-corrected chi connectivity index (χ4v) is 2.94. The summed E-state index contributed by atoms with van der Waals surface area (Å²) in [5.74, 6) is 1.82. The molecule has 130 valence electrons. The van der Waals surface area contributed by atoms with Crippen molar-refractivity contribution in [1.82, 2.24) is 9.97 Å². The maximum absolute atomic E-state index is 8.08. The first-order valence-corrected chi connectivity index (χ1v) is 10.4. The molecule has 0 atom stereocenters. The van der Waals surface area contributed by atoms with Gasteiger partial charge in [-0.05, 0) is 17.5 Å². The minimum Gasteiger partial charge on any atom is -0.512 e. The van der Waals surface area contributed by atoms with Crippen molar-refractivity contribution < 1.29 is 26.2 Å². The number of hydrogen-bond acceptors (Lipinski definition) is 3. The topological polar surface area (TPSA) is 46.0 Å². The van der Waals surface area contributed by atoms with Crippen molar-refractivity contribution in [2.24, 2.45) is 0 Å². The number of aliphatic hydroxyl groups is 1. The molecule has 3 nitrogen and oxygen atoms in total. The van der Waals surface area contributed by atoms with Crippen molar-refractivity contribution in [3.63, 3.8) is 0 Å². The number of rotatable bonds is 1. The van der Waals surface area contributed by atoms with Crippen LogP contribution in [-0.4, -0.2) is 28.4 Å². The average molecular weight is 530 g/mol. The summed E-state index contributed by atoms with van der Waals surface area (Å²) < 4.78 is 0. The van der Waals surface area contributed by atoms with Gasteiger partial charge in [0.1, 0.15) is 6.26 Å². The molecule has 2 heterocycles. The fraction of sp³-hybridized carbons (Fsp3) is 0.100. The van der Waals surface area contributed by atoms with Gasteiger partial charge in [-0.25, -0.2) is 0 Å². The third kappa shape index (κ3) is 4.42. The van der Waals surface area contributed by atoms with Crippen LogP contribution in [0.4, 0.5) is 0 Å². The molecule has 2 aromatic carbocycles. The van der Waals surface area contributed by atoms with Gasteiger partial charge in [0.05, 0.1) is 30.2 Å². The van der Waals surface area contributed by atoms with E-state index in [1.54, 1.807) is 0 Å². The number of fused-ring (bicyclic) bond motifs is 5. The fourth-order valence-electron chi connectivity index (χ4n) is 2.64. The van der Waals surface area contributed by atoms with Gasteiger partial charge < -0.3 is 5.11 Å². The Morgan fingerprint density at radius 3 is 1.68 bits per heavy atom. The van der Waals surface area contributed by atoms with Crippen LogP contribution >= 0.6 is 7.92 Å². The van der Waals surface area contributed by atoms with Crippen molar-refractivity contribution in [2.45, 2.75) is 0 Å². The first-order chi connectivity index (χ1) is 11.7. The van der Waals surface area contributed by atoms with Crippen LogP contribution in [0.2, 0.25) is 0 Å². The molecular formula is C20H20N2OPPt+. The number of nitrogens with zero attached hydrogens (tertiary/aromatic N) is 2. The Morgan fingerprint density at radius 1 is 0.800 bits per heavy atom. The Balaban J connectivity index is 0.000000283. The molecule has 5 heteroatoms. The quantitative estimate of drug-likeness (QED) is 0.203. The number of benzene rings is 2. The van der Waals surface area contributed by atoms with E-state index in [0.717, 1.165) is 33.5 Å². The molecule has 4 rings (SSSR count). The van der Waals surface area contributed by atoms with E-state index in [4.69, 9.17) is 5.11 Å². The Bertz CT molecular complexity index is 947. The van der Waals surface area contributed by atoms with Gasteiger partial charge in [-0.2, -0.15) is 0 Å². The van der Waals surface area contributed by atoms with Gasteiger partial charge in [0.25, 0.3) is 0 Å². The molecular weight excluding hydrogens is 510 g/mol. The van der Waals surface area contributed by atoms with Crippen molar-refractivity contribution in [3.05, 3.63) is 73.0 Å². The average Bonchev–Trinajstić information content (AvgIpc) is 2.61. The first-order valence-electron chi connectivity index (χ1n) is 7.83. The maximum Gasteiger partial charge on any atom is 0.114 e. The molecule has 0 spiro atoms. The molecule has 2 aromatic heterocycles. The van der Waals surface area contributed by atoms with Crippen LogP contribution in [0.1, 0.15) is 0 Å². The number of aromatic nitrogens is 2. The molecule has 0 fully saturated rings. The van der Waals surface area contributed by atoms with E-state index in [2.05, 4.69) is 59.7 Å². The Morgan fingerprint density at radius 2 is 1.28 bits per heavy atom. The second-order valence-electron chi connectivity index (χ2n) is 5.77. The Hall–Kier alpha value is -1.82. The largest absolute Gasteiger partial charge is 0.512 e. The van der Waals surface area contributed by atoms with Crippen LogP contribution in [0.5, 0.6) is 0 Å². The van der Waals surface area contributed by atoms with Gasteiger partial charge in [-0.1, -0.05) is 36.4 Å². The van der Waals surface area contributed by atoms with Crippen molar-refractivity contribution in [3.8, 4) is 0 Å². The van der Waals surface area contributed by atoms with Crippen molar-refractivity contribution in [2.75, 3.05) is 13.3 Å². The summed E-state index contributed by atoms with van der Waals surface area (Å²) in [7, 11) is -0.316. The molecule has 0 aliphatic rings. The van der Waals surface area contributed by atoms with Crippen LogP contribution in [0.15, 0.2) is 73.0 Å².